The number of aryl methyl sites for hydroxylation is 1. The number of ether oxygens (including phenoxy) is 1. The molecule has 7 heteroatoms. The standard InChI is InChI=1S/C24H24N4O2S/c1-15-6-3-4-7-17(15)14-31-24-26-23-25-19-8-5-9-20(29)21(19)22(28(23)27-24)16-10-12-18(30-2)13-11-16/h3-4,6-7,10-13,22H,5,8-9,14H2,1-2H3,(H,25,26,27). The number of ketones is 1. The summed E-state index contributed by atoms with van der Waals surface area (Å²) in [5, 5.41) is 8.91. The summed E-state index contributed by atoms with van der Waals surface area (Å²) in [5.41, 5.74) is 5.33. The molecule has 158 valence electrons. The lowest BCUT2D eigenvalue weighted by atomic mass is 9.85. The predicted molar refractivity (Wildman–Crippen MR) is 121 cm³/mol. The number of anilines is 1. The van der Waals surface area contributed by atoms with Crippen LogP contribution in [0.5, 0.6) is 5.75 Å². The fourth-order valence-corrected chi connectivity index (χ4v) is 5.11. The zero-order valence-corrected chi connectivity index (χ0v) is 18.4. The maximum Gasteiger partial charge on any atom is 0.227 e. The number of carbonyl (C=O) groups excluding carboxylic acids is 1. The molecular formula is C24H24N4O2S. The van der Waals surface area contributed by atoms with Gasteiger partial charge in [-0.05, 0) is 48.6 Å². The summed E-state index contributed by atoms with van der Waals surface area (Å²) in [6, 6.07) is 15.9. The van der Waals surface area contributed by atoms with E-state index in [1.807, 2.05) is 35.0 Å². The maximum atomic E-state index is 12.9. The van der Waals surface area contributed by atoms with Gasteiger partial charge in [-0.25, -0.2) is 4.68 Å². The Morgan fingerprint density at radius 2 is 1.97 bits per heavy atom. The number of allylic oxidation sites excluding steroid dienone is 2. The van der Waals surface area contributed by atoms with E-state index in [0.29, 0.717) is 17.5 Å². The van der Waals surface area contributed by atoms with E-state index in [9.17, 15) is 4.79 Å². The summed E-state index contributed by atoms with van der Waals surface area (Å²) in [4.78, 5) is 17.7. The minimum atomic E-state index is -0.273. The molecule has 1 aliphatic carbocycles. The average Bonchev–Trinajstić information content (AvgIpc) is 3.20. The second kappa shape index (κ2) is 8.23. The van der Waals surface area contributed by atoms with E-state index in [1.54, 1.807) is 18.9 Å². The number of Topliss-reactive ketones (excluding diaryl/α,β-unsaturated/α-hetero) is 1. The first-order valence-electron chi connectivity index (χ1n) is 10.4. The monoisotopic (exact) mass is 432 g/mol. The third kappa shape index (κ3) is 3.74. The van der Waals surface area contributed by atoms with Crippen molar-refractivity contribution < 1.29 is 9.53 Å². The van der Waals surface area contributed by atoms with Crippen LogP contribution in [0.1, 0.15) is 42.0 Å². The Kier molecular flexibility index (Phi) is 5.28. The van der Waals surface area contributed by atoms with Crippen LogP contribution in [-0.2, 0) is 10.5 Å². The van der Waals surface area contributed by atoms with Crippen molar-refractivity contribution in [3.05, 3.63) is 76.5 Å². The van der Waals surface area contributed by atoms with E-state index in [1.165, 1.54) is 11.1 Å². The number of nitrogens with zero attached hydrogens (tertiary/aromatic N) is 3. The Hall–Kier alpha value is -3.06. The number of rotatable bonds is 5. The van der Waals surface area contributed by atoms with Crippen LogP contribution in [0.15, 0.2) is 65.0 Å². The molecule has 1 atom stereocenters. The molecule has 6 nitrogen and oxygen atoms in total. The molecule has 0 fully saturated rings. The Morgan fingerprint density at radius 1 is 1.16 bits per heavy atom. The summed E-state index contributed by atoms with van der Waals surface area (Å²) >= 11 is 1.61. The summed E-state index contributed by atoms with van der Waals surface area (Å²) in [6.07, 6.45) is 2.29. The summed E-state index contributed by atoms with van der Waals surface area (Å²) in [7, 11) is 1.65. The van der Waals surface area contributed by atoms with Crippen molar-refractivity contribution in [3.8, 4) is 5.75 Å². The average molecular weight is 433 g/mol. The molecule has 1 aliphatic heterocycles. The van der Waals surface area contributed by atoms with Crippen LogP contribution in [0, 0.1) is 6.92 Å². The van der Waals surface area contributed by atoms with Gasteiger partial charge in [-0.2, -0.15) is 4.98 Å². The quantitative estimate of drug-likeness (QED) is 0.578. The number of fused-ring (bicyclic) bond motifs is 1. The van der Waals surface area contributed by atoms with Crippen LogP contribution >= 0.6 is 11.8 Å². The summed E-state index contributed by atoms with van der Waals surface area (Å²) < 4.78 is 7.18. The van der Waals surface area contributed by atoms with Crippen LogP contribution in [-0.4, -0.2) is 27.7 Å². The highest BCUT2D eigenvalue weighted by Gasteiger charge is 2.36. The van der Waals surface area contributed by atoms with Crippen molar-refractivity contribution in [3.63, 3.8) is 0 Å². The molecule has 5 rings (SSSR count). The molecule has 2 aromatic carbocycles. The number of methoxy groups -OCH3 is 1. The fraction of sp³-hybridized carbons (Fsp3) is 0.292. The van der Waals surface area contributed by atoms with Crippen molar-refractivity contribution >= 4 is 23.5 Å². The van der Waals surface area contributed by atoms with Crippen molar-refractivity contribution in [2.75, 3.05) is 12.4 Å². The molecule has 0 spiro atoms. The van der Waals surface area contributed by atoms with Gasteiger partial charge in [-0.1, -0.05) is 48.2 Å². The normalized spacial score (nSPS) is 17.7. The van der Waals surface area contributed by atoms with Gasteiger partial charge in [0.2, 0.25) is 11.1 Å². The lowest BCUT2D eigenvalue weighted by molar-refractivity contribution is -0.116. The molecular weight excluding hydrogens is 408 g/mol. The van der Waals surface area contributed by atoms with E-state index in [2.05, 4.69) is 30.4 Å². The topological polar surface area (TPSA) is 69.0 Å². The molecule has 3 aromatic rings. The second-order valence-electron chi connectivity index (χ2n) is 7.85. The van der Waals surface area contributed by atoms with Crippen molar-refractivity contribution in [1.29, 1.82) is 0 Å². The van der Waals surface area contributed by atoms with Gasteiger partial charge >= 0.3 is 0 Å². The molecule has 0 saturated heterocycles. The molecule has 0 saturated carbocycles. The van der Waals surface area contributed by atoms with Crippen molar-refractivity contribution in [2.24, 2.45) is 0 Å². The molecule has 1 unspecified atom stereocenters. The fourth-order valence-electron chi connectivity index (χ4n) is 4.21. The third-order valence-corrected chi connectivity index (χ3v) is 6.78. The first-order valence-corrected chi connectivity index (χ1v) is 11.4. The number of benzene rings is 2. The molecule has 2 heterocycles. The molecule has 0 bridgehead atoms. The van der Waals surface area contributed by atoms with Gasteiger partial charge in [0.1, 0.15) is 11.8 Å². The first-order chi connectivity index (χ1) is 15.1. The van der Waals surface area contributed by atoms with Crippen molar-refractivity contribution in [2.45, 2.75) is 43.1 Å². The van der Waals surface area contributed by atoms with Gasteiger partial charge in [-0.3, -0.25) is 4.79 Å². The minimum absolute atomic E-state index is 0.185. The van der Waals surface area contributed by atoms with Gasteiger partial charge in [0.25, 0.3) is 0 Å². The molecule has 31 heavy (non-hydrogen) atoms. The van der Waals surface area contributed by atoms with E-state index < -0.39 is 0 Å². The highest BCUT2D eigenvalue weighted by molar-refractivity contribution is 7.98. The first kappa shape index (κ1) is 19.9. The van der Waals surface area contributed by atoms with Crippen LogP contribution in [0.2, 0.25) is 0 Å². The van der Waals surface area contributed by atoms with Gasteiger partial charge < -0.3 is 10.1 Å². The van der Waals surface area contributed by atoms with Crippen LogP contribution in [0.3, 0.4) is 0 Å². The zero-order chi connectivity index (χ0) is 21.4. The maximum absolute atomic E-state index is 12.9. The molecule has 1 aromatic heterocycles. The Morgan fingerprint density at radius 3 is 2.74 bits per heavy atom. The number of thioether (sulfide) groups is 1. The molecule has 1 N–H and O–H groups in total. The smallest absolute Gasteiger partial charge is 0.227 e. The largest absolute Gasteiger partial charge is 0.497 e. The lowest BCUT2D eigenvalue weighted by Crippen LogP contribution is -2.31. The SMILES string of the molecule is COc1ccc(C2C3=C(CCCC3=O)Nc3nc(SCc4ccccc4C)nn32)cc1. The van der Waals surface area contributed by atoms with E-state index in [4.69, 9.17) is 14.8 Å². The second-order valence-corrected chi connectivity index (χ2v) is 8.79. The van der Waals surface area contributed by atoms with Crippen LogP contribution in [0.25, 0.3) is 0 Å². The van der Waals surface area contributed by atoms with Crippen LogP contribution < -0.4 is 10.1 Å². The van der Waals surface area contributed by atoms with Gasteiger partial charge in [0.05, 0.1) is 7.11 Å². The number of aromatic nitrogens is 3. The summed E-state index contributed by atoms with van der Waals surface area (Å²) in [6.45, 7) is 2.12. The minimum Gasteiger partial charge on any atom is -0.497 e. The lowest BCUT2D eigenvalue weighted by Gasteiger charge is -2.32. The third-order valence-electron chi connectivity index (χ3n) is 5.90. The molecule has 0 radical (unpaired) electrons. The number of hydrogen-bond acceptors (Lipinski definition) is 6. The number of hydrogen-bond donors (Lipinski definition) is 1. The van der Waals surface area contributed by atoms with E-state index >= 15 is 0 Å². The van der Waals surface area contributed by atoms with Crippen LogP contribution in [0.4, 0.5) is 5.95 Å². The van der Waals surface area contributed by atoms with Gasteiger partial charge in [-0.15, -0.1) is 5.10 Å². The van der Waals surface area contributed by atoms with E-state index in [0.717, 1.165) is 41.2 Å². The zero-order valence-electron chi connectivity index (χ0n) is 17.6. The Balaban J connectivity index is 1.50. The summed E-state index contributed by atoms with van der Waals surface area (Å²) in [5.74, 6) is 2.47. The molecule has 0 amide bonds. The van der Waals surface area contributed by atoms with Gasteiger partial charge in [0, 0.05) is 23.4 Å². The molecule has 2 aliphatic rings. The number of nitrogens with one attached hydrogen (secondary N) is 1. The van der Waals surface area contributed by atoms with E-state index in [-0.39, 0.29) is 11.8 Å². The highest BCUT2D eigenvalue weighted by Crippen LogP contribution is 2.41. The predicted octanol–water partition coefficient (Wildman–Crippen LogP) is 4.91. The Labute approximate surface area is 185 Å². The highest BCUT2D eigenvalue weighted by atomic mass is 32.2. The number of carbonyl (C=O) groups is 1. The Bertz CT molecular complexity index is 1170. The van der Waals surface area contributed by atoms with Gasteiger partial charge in [0.15, 0.2) is 5.78 Å². The van der Waals surface area contributed by atoms with Crippen molar-refractivity contribution in [1.82, 2.24) is 14.8 Å².